The SMILES string of the molecule is O=C(O)[C@@H](O)[C@@H]1CO1. The highest BCUT2D eigenvalue weighted by Gasteiger charge is 2.36. The van der Waals surface area contributed by atoms with Crippen molar-refractivity contribution in [1.29, 1.82) is 0 Å². The van der Waals surface area contributed by atoms with Crippen molar-refractivity contribution in [3.8, 4) is 0 Å². The summed E-state index contributed by atoms with van der Waals surface area (Å²) in [7, 11) is 0. The van der Waals surface area contributed by atoms with E-state index in [2.05, 4.69) is 4.74 Å². The first-order valence-corrected chi connectivity index (χ1v) is 2.24. The lowest BCUT2D eigenvalue weighted by molar-refractivity contribution is -0.147. The maximum absolute atomic E-state index is 9.85. The number of carboxylic acids is 1. The second kappa shape index (κ2) is 1.72. The molecule has 1 rings (SSSR count). The number of aliphatic hydroxyl groups is 1. The number of carbonyl (C=O) groups is 1. The number of aliphatic hydroxyl groups excluding tert-OH is 1. The van der Waals surface area contributed by atoms with Gasteiger partial charge in [-0.15, -0.1) is 0 Å². The first-order valence-electron chi connectivity index (χ1n) is 2.24. The number of rotatable bonds is 2. The van der Waals surface area contributed by atoms with Crippen LogP contribution in [0.25, 0.3) is 0 Å². The lowest BCUT2D eigenvalue weighted by Crippen LogP contribution is -2.25. The molecule has 8 heavy (non-hydrogen) atoms. The molecule has 0 spiro atoms. The topological polar surface area (TPSA) is 70.1 Å². The molecule has 0 aromatic carbocycles. The molecule has 46 valence electrons. The Balaban J connectivity index is 2.32. The van der Waals surface area contributed by atoms with E-state index in [1.54, 1.807) is 0 Å². The zero-order chi connectivity index (χ0) is 6.15. The van der Waals surface area contributed by atoms with Crippen LogP contribution in [0.5, 0.6) is 0 Å². The molecule has 1 aliphatic rings. The maximum Gasteiger partial charge on any atom is 0.335 e. The Bertz CT molecular complexity index is 107. The average Bonchev–Trinajstić information content (AvgIpc) is 2.43. The van der Waals surface area contributed by atoms with Crippen molar-refractivity contribution in [3.63, 3.8) is 0 Å². The third kappa shape index (κ3) is 0.962. The highest BCUT2D eigenvalue weighted by Crippen LogP contribution is 2.13. The molecule has 2 atom stereocenters. The zero-order valence-electron chi connectivity index (χ0n) is 4.07. The van der Waals surface area contributed by atoms with Crippen molar-refractivity contribution in [2.45, 2.75) is 12.2 Å². The van der Waals surface area contributed by atoms with Crippen LogP contribution in [0.2, 0.25) is 0 Å². The van der Waals surface area contributed by atoms with Crippen molar-refractivity contribution >= 4 is 5.97 Å². The highest BCUT2D eigenvalue weighted by atomic mass is 16.6. The van der Waals surface area contributed by atoms with Gasteiger partial charge in [0.2, 0.25) is 0 Å². The van der Waals surface area contributed by atoms with Crippen LogP contribution in [0.3, 0.4) is 0 Å². The van der Waals surface area contributed by atoms with Crippen LogP contribution in [-0.2, 0) is 9.53 Å². The number of epoxide rings is 1. The number of ether oxygens (including phenoxy) is 1. The van der Waals surface area contributed by atoms with E-state index in [1.807, 2.05) is 0 Å². The van der Waals surface area contributed by atoms with Crippen molar-refractivity contribution in [3.05, 3.63) is 0 Å². The lowest BCUT2D eigenvalue weighted by Gasteiger charge is -1.95. The molecule has 0 bridgehead atoms. The molecule has 0 saturated carbocycles. The van der Waals surface area contributed by atoms with Crippen LogP contribution in [0.4, 0.5) is 0 Å². The van der Waals surface area contributed by atoms with E-state index in [4.69, 9.17) is 10.2 Å². The molecule has 0 aliphatic carbocycles. The summed E-state index contributed by atoms with van der Waals surface area (Å²) in [6.07, 6.45) is -1.78. The zero-order valence-corrected chi connectivity index (χ0v) is 4.07. The van der Waals surface area contributed by atoms with Gasteiger partial charge in [0.25, 0.3) is 0 Å². The number of carboxylic acid groups (broad SMARTS) is 1. The van der Waals surface area contributed by atoms with Crippen molar-refractivity contribution in [1.82, 2.24) is 0 Å². The molecule has 4 heteroatoms. The molecule has 1 saturated heterocycles. The second-order valence-corrected chi connectivity index (χ2v) is 1.65. The largest absolute Gasteiger partial charge is 0.479 e. The summed E-state index contributed by atoms with van der Waals surface area (Å²) in [6.45, 7) is 0.369. The summed E-state index contributed by atoms with van der Waals surface area (Å²) in [5, 5.41) is 16.6. The van der Waals surface area contributed by atoms with E-state index in [9.17, 15) is 4.79 Å². The van der Waals surface area contributed by atoms with Crippen LogP contribution in [-0.4, -0.2) is 35.0 Å². The van der Waals surface area contributed by atoms with E-state index < -0.39 is 18.2 Å². The Morgan fingerprint density at radius 3 is 2.50 bits per heavy atom. The lowest BCUT2D eigenvalue weighted by atomic mass is 10.3. The minimum absolute atomic E-state index is 0.369. The molecule has 1 heterocycles. The molecule has 1 fully saturated rings. The van der Waals surface area contributed by atoms with Crippen LogP contribution >= 0.6 is 0 Å². The normalized spacial score (nSPS) is 29.4. The number of aliphatic carboxylic acids is 1. The Kier molecular flexibility index (Phi) is 1.19. The first kappa shape index (κ1) is 5.53. The van der Waals surface area contributed by atoms with E-state index in [0.29, 0.717) is 6.61 Å². The van der Waals surface area contributed by atoms with E-state index in [1.165, 1.54) is 0 Å². The predicted molar refractivity (Wildman–Crippen MR) is 23.4 cm³/mol. The maximum atomic E-state index is 9.85. The Morgan fingerprint density at radius 2 is 2.38 bits per heavy atom. The van der Waals surface area contributed by atoms with Gasteiger partial charge in [0.15, 0.2) is 6.10 Å². The molecule has 2 N–H and O–H groups in total. The molecular weight excluding hydrogens is 112 g/mol. The van der Waals surface area contributed by atoms with E-state index in [-0.39, 0.29) is 0 Å². The van der Waals surface area contributed by atoms with Crippen molar-refractivity contribution < 1.29 is 19.7 Å². The van der Waals surface area contributed by atoms with Crippen LogP contribution in [0, 0.1) is 0 Å². The minimum atomic E-state index is -1.32. The van der Waals surface area contributed by atoms with Crippen LogP contribution in [0.15, 0.2) is 0 Å². The fourth-order valence-electron chi connectivity index (χ4n) is 0.397. The fraction of sp³-hybridized carbons (Fsp3) is 0.750. The molecule has 0 aromatic heterocycles. The fourth-order valence-corrected chi connectivity index (χ4v) is 0.397. The molecule has 0 radical (unpaired) electrons. The molecule has 0 aromatic rings. The third-order valence-electron chi connectivity index (χ3n) is 0.964. The Morgan fingerprint density at radius 1 is 1.88 bits per heavy atom. The first-order chi connectivity index (χ1) is 3.72. The number of hydrogen-bond acceptors (Lipinski definition) is 3. The third-order valence-corrected chi connectivity index (χ3v) is 0.964. The van der Waals surface area contributed by atoms with Gasteiger partial charge in [0.1, 0.15) is 6.10 Å². The molecular formula is C4H6O4. The van der Waals surface area contributed by atoms with Gasteiger partial charge in [-0.25, -0.2) is 4.79 Å². The van der Waals surface area contributed by atoms with E-state index in [0.717, 1.165) is 0 Å². The van der Waals surface area contributed by atoms with E-state index >= 15 is 0 Å². The summed E-state index contributed by atoms with van der Waals surface area (Å²) in [5.74, 6) is -1.22. The summed E-state index contributed by atoms with van der Waals surface area (Å²) in [5.41, 5.74) is 0. The molecule has 1 aliphatic heterocycles. The number of hydrogen-bond donors (Lipinski definition) is 2. The highest BCUT2D eigenvalue weighted by molar-refractivity contribution is 5.73. The summed E-state index contributed by atoms with van der Waals surface area (Å²) in [6, 6.07) is 0. The van der Waals surface area contributed by atoms with Crippen LogP contribution < -0.4 is 0 Å². The monoisotopic (exact) mass is 118 g/mol. The van der Waals surface area contributed by atoms with Gasteiger partial charge in [-0.3, -0.25) is 0 Å². The molecule has 4 nitrogen and oxygen atoms in total. The van der Waals surface area contributed by atoms with Gasteiger partial charge in [-0.05, 0) is 0 Å². The summed E-state index contributed by atoms with van der Waals surface area (Å²) < 4.78 is 4.50. The molecule has 0 unspecified atom stereocenters. The molecule has 0 amide bonds. The van der Waals surface area contributed by atoms with Gasteiger partial charge < -0.3 is 14.9 Å². The summed E-state index contributed by atoms with van der Waals surface area (Å²) in [4.78, 5) is 9.85. The van der Waals surface area contributed by atoms with Crippen LogP contribution in [0.1, 0.15) is 0 Å². The average molecular weight is 118 g/mol. The Hall–Kier alpha value is -0.610. The van der Waals surface area contributed by atoms with Crippen molar-refractivity contribution in [2.24, 2.45) is 0 Å². The smallest absolute Gasteiger partial charge is 0.335 e. The van der Waals surface area contributed by atoms with Gasteiger partial charge in [0, 0.05) is 0 Å². The van der Waals surface area contributed by atoms with Gasteiger partial charge in [-0.2, -0.15) is 0 Å². The predicted octanol–water partition coefficient (Wildman–Crippen LogP) is -1.17. The van der Waals surface area contributed by atoms with Crippen molar-refractivity contribution in [2.75, 3.05) is 6.61 Å². The standard InChI is InChI=1S/C4H6O4/c5-3(4(6)7)2-1-8-2/h2-3,5H,1H2,(H,6,7)/t2-,3-/m0/s1. The summed E-state index contributed by atoms with van der Waals surface area (Å²) >= 11 is 0. The Labute approximate surface area is 45.7 Å². The second-order valence-electron chi connectivity index (χ2n) is 1.65. The van der Waals surface area contributed by atoms with Gasteiger partial charge in [-0.1, -0.05) is 0 Å². The quantitative estimate of drug-likeness (QED) is 0.448. The van der Waals surface area contributed by atoms with Gasteiger partial charge in [0.05, 0.1) is 6.61 Å². The minimum Gasteiger partial charge on any atom is -0.479 e. The van der Waals surface area contributed by atoms with Gasteiger partial charge >= 0.3 is 5.97 Å².